The van der Waals surface area contributed by atoms with Crippen molar-refractivity contribution >= 4 is 28.3 Å². The van der Waals surface area contributed by atoms with Crippen molar-refractivity contribution in [2.45, 2.75) is 38.5 Å². The number of aromatic nitrogens is 2. The van der Waals surface area contributed by atoms with Gasteiger partial charge in [0.05, 0.1) is 23.0 Å². The quantitative estimate of drug-likeness (QED) is 0.642. The van der Waals surface area contributed by atoms with Crippen LogP contribution in [0.15, 0.2) is 27.8 Å². The largest absolute Gasteiger partial charge is 0.347 e. The smallest absolute Gasteiger partial charge is 0.272 e. The number of rotatable bonds is 5. The number of H-pyrrole nitrogens is 2. The molecule has 0 atom stereocenters. The van der Waals surface area contributed by atoms with Crippen molar-refractivity contribution in [3.05, 3.63) is 38.9 Å². The molecular formula is C18H22N4O4. The lowest BCUT2D eigenvalue weighted by molar-refractivity contribution is -0.125. The molecule has 0 aliphatic heterocycles. The molecule has 1 heterocycles. The monoisotopic (exact) mass is 358 g/mol. The van der Waals surface area contributed by atoms with Crippen LogP contribution in [0.3, 0.4) is 0 Å². The summed E-state index contributed by atoms with van der Waals surface area (Å²) < 4.78 is 0. The van der Waals surface area contributed by atoms with Gasteiger partial charge >= 0.3 is 0 Å². The number of hydrogen-bond acceptors (Lipinski definition) is 4. The van der Waals surface area contributed by atoms with Crippen LogP contribution in [0.5, 0.6) is 0 Å². The summed E-state index contributed by atoms with van der Waals surface area (Å²) in [6.07, 6.45) is 6.12. The highest BCUT2D eigenvalue weighted by Crippen LogP contribution is 2.26. The highest BCUT2D eigenvalue weighted by molar-refractivity contribution is 6.02. The minimum Gasteiger partial charge on any atom is -0.347 e. The standard InChI is InChI=1S/C18H22N4O4/c23-14(9-11-5-2-1-3-6-11)19-10-15(24)20-13-8-4-7-12-16(13)18(26)22-21-17(12)25/h4,7-8,11H,1-3,5-6,9-10H2,(H,19,23)(H,20,24)(H,21,25)(H,22,26). The summed E-state index contributed by atoms with van der Waals surface area (Å²) in [5.74, 6) is -0.191. The molecule has 1 aromatic heterocycles. The van der Waals surface area contributed by atoms with Crippen molar-refractivity contribution in [3.63, 3.8) is 0 Å². The Balaban J connectivity index is 1.61. The summed E-state index contributed by atoms with van der Waals surface area (Å²) in [6.45, 7) is -0.178. The second-order valence-electron chi connectivity index (χ2n) is 6.67. The Morgan fingerprint density at radius 3 is 2.50 bits per heavy atom. The maximum atomic E-state index is 12.1. The van der Waals surface area contributed by atoms with Crippen LogP contribution >= 0.6 is 0 Å². The van der Waals surface area contributed by atoms with Gasteiger partial charge in [-0.25, -0.2) is 0 Å². The highest BCUT2D eigenvalue weighted by Gasteiger charge is 2.17. The number of carbonyl (C=O) groups excluding carboxylic acids is 2. The van der Waals surface area contributed by atoms with E-state index < -0.39 is 17.0 Å². The molecule has 1 saturated carbocycles. The third-order valence-electron chi connectivity index (χ3n) is 4.74. The van der Waals surface area contributed by atoms with E-state index in [0.717, 1.165) is 25.7 Å². The Hall–Kier alpha value is -2.90. The van der Waals surface area contributed by atoms with E-state index in [-0.39, 0.29) is 28.9 Å². The fourth-order valence-corrected chi connectivity index (χ4v) is 3.43. The molecule has 26 heavy (non-hydrogen) atoms. The Morgan fingerprint density at radius 1 is 1.00 bits per heavy atom. The van der Waals surface area contributed by atoms with Gasteiger partial charge in [0.15, 0.2) is 0 Å². The van der Waals surface area contributed by atoms with Gasteiger partial charge in [0, 0.05) is 6.42 Å². The summed E-state index contributed by atoms with van der Waals surface area (Å²) in [5.41, 5.74) is -0.713. The van der Waals surface area contributed by atoms with Crippen LogP contribution in [0, 0.1) is 5.92 Å². The fourth-order valence-electron chi connectivity index (χ4n) is 3.43. The third-order valence-corrected chi connectivity index (χ3v) is 4.74. The molecular weight excluding hydrogens is 336 g/mol. The van der Waals surface area contributed by atoms with Crippen LogP contribution in [0.2, 0.25) is 0 Å². The van der Waals surface area contributed by atoms with Crippen molar-refractivity contribution in [1.82, 2.24) is 15.5 Å². The first kappa shape index (κ1) is 17.9. The molecule has 1 aromatic carbocycles. The molecule has 0 bridgehead atoms. The van der Waals surface area contributed by atoms with Gasteiger partial charge in [-0.2, -0.15) is 0 Å². The topological polar surface area (TPSA) is 124 Å². The number of hydrogen-bond donors (Lipinski definition) is 4. The van der Waals surface area contributed by atoms with Gasteiger partial charge in [0.25, 0.3) is 11.1 Å². The lowest BCUT2D eigenvalue weighted by Crippen LogP contribution is -2.34. The molecule has 138 valence electrons. The molecule has 0 radical (unpaired) electrons. The van der Waals surface area contributed by atoms with Crippen LogP contribution in [0.25, 0.3) is 10.8 Å². The maximum Gasteiger partial charge on any atom is 0.272 e. The third kappa shape index (κ3) is 4.19. The van der Waals surface area contributed by atoms with Gasteiger partial charge in [0.2, 0.25) is 11.8 Å². The van der Waals surface area contributed by atoms with Crippen molar-refractivity contribution in [2.75, 3.05) is 11.9 Å². The summed E-state index contributed by atoms with van der Waals surface area (Å²) in [7, 11) is 0. The summed E-state index contributed by atoms with van der Waals surface area (Å²) >= 11 is 0. The fraction of sp³-hybridized carbons (Fsp3) is 0.444. The molecule has 0 unspecified atom stereocenters. The lowest BCUT2D eigenvalue weighted by Gasteiger charge is -2.20. The number of amides is 2. The van der Waals surface area contributed by atoms with Crippen LogP contribution in [0.1, 0.15) is 38.5 Å². The number of anilines is 1. The van der Waals surface area contributed by atoms with E-state index in [0.29, 0.717) is 12.3 Å². The van der Waals surface area contributed by atoms with E-state index in [1.807, 2.05) is 0 Å². The molecule has 2 aromatic rings. The zero-order chi connectivity index (χ0) is 18.5. The average Bonchev–Trinajstić information content (AvgIpc) is 2.64. The van der Waals surface area contributed by atoms with Gasteiger partial charge in [-0.1, -0.05) is 25.3 Å². The van der Waals surface area contributed by atoms with E-state index in [1.165, 1.54) is 12.5 Å². The highest BCUT2D eigenvalue weighted by atomic mass is 16.2. The number of fused-ring (bicyclic) bond motifs is 1. The van der Waals surface area contributed by atoms with Crippen LogP contribution in [0.4, 0.5) is 5.69 Å². The zero-order valence-electron chi connectivity index (χ0n) is 14.4. The van der Waals surface area contributed by atoms with Crippen LogP contribution < -0.4 is 21.8 Å². The second-order valence-corrected chi connectivity index (χ2v) is 6.67. The van der Waals surface area contributed by atoms with Crippen LogP contribution in [-0.4, -0.2) is 28.6 Å². The molecule has 4 N–H and O–H groups in total. The Morgan fingerprint density at radius 2 is 1.73 bits per heavy atom. The zero-order valence-corrected chi connectivity index (χ0v) is 14.4. The van der Waals surface area contributed by atoms with E-state index >= 15 is 0 Å². The number of aromatic amines is 2. The van der Waals surface area contributed by atoms with Gasteiger partial charge in [-0.15, -0.1) is 0 Å². The van der Waals surface area contributed by atoms with Crippen molar-refractivity contribution < 1.29 is 9.59 Å². The SMILES string of the molecule is O=C(CC1CCCCC1)NCC(=O)Nc1cccc2c(=O)[nH][nH]c(=O)c12. The molecule has 1 fully saturated rings. The molecule has 0 spiro atoms. The number of nitrogens with one attached hydrogen (secondary N) is 4. The van der Waals surface area contributed by atoms with E-state index in [1.54, 1.807) is 12.1 Å². The normalized spacial score (nSPS) is 14.9. The van der Waals surface area contributed by atoms with Gasteiger partial charge < -0.3 is 10.6 Å². The first-order chi connectivity index (χ1) is 12.5. The van der Waals surface area contributed by atoms with Gasteiger partial charge in [0.1, 0.15) is 0 Å². The second kappa shape index (κ2) is 7.99. The van der Waals surface area contributed by atoms with Crippen LogP contribution in [-0.2, 0) is 9.59 Å². The molecule has 3 rings (SSSR count). The van der Waals surface area contributed by atoms with E-state index in [4.69, 9.17) is 0 Å². The van der Waals surface area contributed by atoms with Gasteiger partial charge in [-0.3, -0.25) is 29.4 Å². The molecule has 1 aliphatic rings. The Labute approximate surface area is 149 Å². The Bertz CT molecular complexity index is 925. The lowest BCUT2D eigenvalue weighted by atomic mass is 9.87. The summed E-state index contributed by atoms with van der Waals surface area (Å²) in [5, 5.41) is 9.98. The average molecular weight is 358 g/mol. The molecule has 8 nitrogen and oxygen atoms in total. The predicted molar refractivity (Wildman–Crippen MR) is 98.0 cm³/mol. The summed E-state index contributed by atoms with van der Waals surface area (Å²) in [6, 6.07) is 4.62. The Kier molecular flexibility index (Phi) is 5.50. The minimum absolute atomic E-state index is 0.109. The first-order valence-corrected chi connectivity index (χ1v) is 8.85. The maximum absolute atomic E-state index is 12.1. The molecule has 2 amide bonds. The van der Waals surface area contributed by atoms with E-state index in [2.05, 4.69) is 20.8 Å². The van der Waals surface area contributed by atoms with E-state index in [9.17, 15) is 19.2 Å². The van der Waals surface area contributed by atoms with Crippen molar-refractivity contribution in [3.8, 4) is 0 Å². The first-order valence-electron chi connectivity index (χ1n) is 8.85. The predicted octanol–water partition coefficient (Wildman–Crippen LogP) is 1.24. The molecule has 8 heteroatoms. The summed E-state index contributed by atoms with van der Waals surface area (Å²) in [4.78, 5) is 47.9. The molecule has 1 aliphatic carbocycles. The number of benzene rings is 1. The van der Waals surface area contributed by atoms with Gasteiger partial charge in [-0.05, 0) is 30.9 Å². The number of carbonyl (C=O) groups is 2. The molecule has 0 saturated heterocycles. The van der Waals surface area contributed by atoms with Crippen molar-refractivity contribution in [2.24, 2.45) is 5.92 Å². The van der Waals surface area contributed by atoms with Crippen molar-refractivity contribution in [1.29, 1.82) is 0 Å². The minimum atomic E-state index is -0.503.